The number of halogens is 2. The van der Waals surface area contributed by atoms with E-state index in [1.54, 1.807) is 0 Å². The van der Waals surface area contributed by atoms with Crippen LogP contribution in [0.3, 0.4) is 0 Å². The molecule has 0 saturated carbocycles. The van der Waals surface area contributed by atoms with Crippen LogP contribution in [0, 0.1) is 5.92 Å². The fourth-order valence-corrected chi connectivity index (χ4v) is 2.14. The molecular formula is C10H19F2N. The molecule has 1 fully saturated rings. The Labute approximate surface area is 79.1 Å². The van der Waals surface area contributed by atoms with Crippen molar-refractivity contribution in [2.45, 2.75) is 45.1 Å². The molecule has 2 unspecified atom stereocenters. The van der Waals surface area contributed by atoms with Crippen LogP contribution in [-0.2, 0) is 0 Å². The maximum atomic E-state index is 13.5. The monoisotopic (exact) mass is 191 g/mol. The molecule has 0 bridgehead atoms. The smallest absolute Gasteiger partial charge is 0.253 e. The Balaban J connectivity index is 2.69. The normalized spacial score (nSPS) is 34.8. The lowest BCUT2D eigenvalue weighted by Gasteiger charge is -2.42. The minimum absolute atomic E-state index is 0.0173. The van der Waals surface area contributed by atoms with E-state index in [4.69, 9.17) is 0 Å². The molecule has 0 N–H and O–H groups in total. The van der Waals surface area contributed by atoms with E-state index in [0.29, 0.717) is 13.0 Å². The second kappa shape index (κ2) is 3.91. The fraction of sp³-hybridized carbons (Fsp3) is 1.00. The molecule has 0 spiro atoms. The predicted octanol–water partition coefficient (Wildman–Crippen LogP) is 2.76. The average molecular weight is 191 g/mol. The lowest BCUT2D eigenvalue weighted by Crippen LogP contribution is -2.51. The molecule has 3 heteroatoms. The maximum Gasteiger partial charge on any atom is 0.253 e. The van der Waals surface area contributed by atoms with Gasteiger partial charge in [-0.25, -0.2) is 8.78 Å². The van der Waals surface area contributed by atoms with Crippen LogP contribution in [0.25, 0.3) is 0 Å². The highest BCUT2D eigenvalue weighted by Crippen LogP contribution is 2.39. The summed E-state index contributed by atoms with van der Waals surface area (Å²) in [7, 11) is 1.93. The summed E-state index contributed by atoms with van der Waals surface area (Å²) in [5.74, 6) is -2.89. The van der Waals surface area contributed by atoms with Gasteiger partial charge in [-0.3, -0.25) is 0 Å². The molecule has 1 nitrogen and oxygen atoms in total. The highest BCUT2D eigenvalue weighted by molar-refractivity contribution is 4.90. The van der Waals surface area contributed by atoms with E-state index in [2.05, 4.69) is 0 Å². The van der Waals surface area contributed by atoms with Crippen LogP contribution < -0.4 is 0 Å². The van der Waals surface area contributed by atoms with Gasteiger partial charge in [-0.15, -0.1) is 0 Å². The molecule has 0 radical (unpaired) electrons. The predicted molar refractivity (Wildman–Crippen MR) is 50.1 cm³/mol. The summed E-state index contributed by atoms with van der Waals surface area (Å²) in [6, 6.07) is 0.0173. The minimum atomic E-state index is -2.44. The average Bonchev–Trinajstić information content (AvgIpc) is 2.07. The van der Waals surface area contributed by atoms with E-state index in [1.807, 2.05) is 25.8 Å². The Morgan fingerprint density at radius 1 is 1.46 bits per heavy atom. The Kier molecular flexibility index (Phi) is 3.28. The number of rotatable bonds is 2. The first-order valence-corrected chi connectivity index (χ1v) is 5.07. The second-order valence-electron chi connectivity index (χ2n) is 4.13. The number of hydrogen-bond donors (Lipinski definition) is 0. The summed E-state index contributed by atoms with van der Waals surface area (Å²) >= 11 is 0. The molecule has 0 aromatic carbocycles. The summed E-state index contributed by atoms with van der Waals surface area (Å²) in [6.07, 6.45) is 1.51. The van der Waals surface area contributed by atoms with Gasteiger partial charge in [0.05, 0.1) is 0 Å². The molecule has 78 valence electrons. The van der Waals surface area contributed by atoms with Gasteiger partial charge < -0.3 is 4.90 Å². The van der Waals surface area contributed by atoms with Crippen LogP contribution >= 0.6 is 0 Å². The molecule has 0 amide bonds. The molecule has 0 aliphatic carbocycles. The number of hydrogen-bond acceptors (Lipinski definition) is 1. The van der Waals surface area contributed by atoms with E-state index in [0.717, 1.165) is 6.42 Å². The van der Waals surface area contributed by atoms with E-state index < -0.39 is 11.8 Å². The Morgan fingerprint density at radius 2 is 2.08 bits per heavy atom. The van der Waals surface area contributed by atoms with Gasteiger partial charge in [0.25, 0.3) is 5.92 Å². The lowest BCUT2D eigenvalue weighted by atomic mass is 9.84. The zero-order valence-corrected chi connectivity index (χ0v) is 8.69. The molecule has 1 rings (SSSR count). The molecule has 1 aliphatic heterocycles. The van der Waals surface area contributed by atoms with Gasteiger partial charge in [0.1, 0.15) is 0 Å². The number of alkyl halides is 2. The largest absolute Gasteiger partial charge is 0.303 e. The van der Waals surface area contributed by atoms with Gasteiger partial charge in [0.15, 0.2) is 0 Å². The number of likely N-dealkylation sites (tertiary alicyclic amines) is 1. The van der Waals surface area contributed by atoms with Crippen molar-refractivity contribution in [1.29, 1.82) is 0 Å². The molecular weight excluding hydrogens is 172 g/mol. The third-order valence-corrected chi connectivity index (χ3v) is 3.22. The molecule has 1 saturated heterocycles. The van der Waals surface area contributed by atoms with Crippen molar-refractivity contribution in [1.82, 2.24) is 4.90 Å². The van der Waals surface area contributed by atoms with Gasteiger partial charge in [0, 0.05) is 24.9 Å². The van der Waals surface area contributed by atoms with E-state index >= 15 is 0 Å². The van der Waals surface area contributed by atoms with Crippen molar-refractivity contribution < 1.29 is 8.78 Å². The highest BCUT2D eigenvalue weighted by Gasteiger charge is 2.46. The molecule has 0 aromatic rings. The van der Waals surface area contributed by atoms with E-state index in [1.165, 1.54) is 0 Å². The van der Waals surface area contributed by atoms with Gasteiger partial charge in [-0.2, -0.15) is 0 Å². The van der Waals surface area contributed by atoms with Crippen LogP contribution in [0.15, 0.2) is 0 Å². The van der Waals surface area contributed by atoms with Crippen LogP contribution in [0.4, 0.5) is 8.78 Å². The van der Waals surface area contributed by atoms with Crippen molar-refractivity contribution in [3.05, 3.63) is 0 Å². The van der Waals surface area contributed by atoms with Crippen molar-refractivity contribution >= 4 is 0 Å². The van der Waals surface area contributed by atoms with Gasteiger partial charge in [0.2, 0.25) is 0 Å². The number of nitrogens with zero attached hydrogens (tertiary/aromatic N) is 1. The topological polar surface area (TPSA) is 3.24 Å². The van der Waals surface area contributed by atoms with E-state index in [-0.39, 0.29) is 12.5 Å². The third-order valence-electron chi connectivity index (χ3n) is 3.22. The molecule has 2 atom stereocenters. The number of piperidine rings is 1. The zero-order chi connectivity index (χ0) is 10.1. The van der Waals surface area contributed by atoms with Gasteiger partial charge in [-0.1, -0.05) is 13.3 Å². The first-order chi connectivity index (χ1) is 5.99. The van der Waals surface area contributed by atoms with Crippen molar-refractivity contribution in [2.75, 3.05) is 13.6 Å². The summed E-state index contributed by atoms with van der Waals surface area (Å²) in [6.45, 7) is 4.40. The van der Waals surface area contributed by atoms with Crippen LogP contribution in [0.1, 0.15) is 33.1 Å². The first-order valence-electron chi connectivity index (χ1n) is 5.07. The Morgan fingerprint density at radius 3 is 2.62 bits per heavy atom. The Hall–Kier alpha value is -0.180. The summed E-state index contributed by atoms with van der Waals surface area (Å²) < 4.78 is 26.9. The quantitative estimate of drug-likeness (QED) is 0.648. The molecule has 1 aliphatic rings. The third kappa shape index (κ3) is 2.19. The van der Waals surface area contributed by atoms with Gasteiger partial charge in [-0.05, 0) is 20.4 Å². The van der Waals surface area contributed by atoms with Crippen LogP contribution in [0.2, 0.25) is 0 Å². The SMILES string of the molecule is CCCC1C(C)N(C)CCC1(F)F. The maximum absolute atomic E-state index is 13.5. The summed E-state index contributed by atoms with van der Waals surface area (Å²) in [4.78, 5) is 2.04. The lowest BCUT2D eigenvalue weighted by molar-refractivity contribution is -0.125. The van der Waals surface area contributed by atoms with Gasteiger partial charge >= 0.3 is 0 Å². The summed E-state index contributed by atoms with van der Waals surface area (Å²) in [5, 5.41) is 0. The minimum Gasteiger partial charge on any atom is -0.303 e. The standard InChI is InChI=1S/C10H19F2N/c1-4-5-9-8(2)13(3)7-6-10(9,11)12/h8-9H,4-7H2,1-3H3. The van der Waals surface area contributed by atoms with Crippen LogP contribution in [0.5, 0.6) is 0 Å². The Bertz CT molecular complexity index is 170. The summed E-state index contributed by atoms with van der Waals surface area (Å²) in [5.41, 5.74) is 0. The molecule has 0 aromatic heterocycles. The molecule has 13 heavy (non-hydrogen) atoms. The van der Waals surface area contributed by atoms with E-state index in [9.17, 15) is 8.78 Å². The van der Waals surface area contributed by atoms with Crippen molar-refractivity contribution in [3.8, 4) is 0 Å². The van der Waals surface area contributed by atoms with Crippen molar-refractivity contribution in [2.24, 2.45) is 5.92 Å². The highest BCUT2D eigenvalue weighted by atomic mass is 19.3. The van der Waals surface area contributed by atoms with Crippen molar-refractivity contribution in [3.63, 3.8) is 0 Å². The first kappa shape index (κ1) is 10.9. The van der Waals surface area contributed by atoms with Crippen LogP contribution in [-0.4, -0.2) is 30.5 Å². The molecule has 1 heterocycles. The fourth-order valence-electron chi connectivity index (χ4n) is 2.14. The second-order valence-corrected chi connectivity index (χ2v) is 4.13. The zero-order valence-electron chi connectivity index (χ0n) is 8.69.